The van der Waals surface area contributed by atoms with Crippen LogP contribution in [0.25, 0.3) is 0 Å². The van der Waals surface area contributed by atoms with E-state index in [1.165, 1.54) is 6.07 Å². The number of hydrogen-bond acceptors (Lipinski definition) is 4. The number of rotatable bonds is 4. The molecule has 1 aliphatic heterocycles. The van der Waals surface area contributed by atoms with Gasteiger partial charge in [-0.3, -0.25) is 4.79 Å². The largest absolute Gasteiger partial charge is 0.433 e. The Hall–Kier alpha value is -1.21. The van der Waals surface area contributed by atoms with Crippen LogP contribution in [0.2, 0.25) is 0 Å². The Morgan fingerprint density at radius 3 is 3.12 bits per heavy atom. The zero-order chi connectivity index (χ0) is 12.3. The molecule has 1 aromatic heterocycles. The van der Waals surface area contributed by atoms with E-state index < -0.39 is 6.61 Å². The molecule has 0 bridgehead atoms. The lowest BCUT2D eigenvalue weighted by molar-refractivity contribution is -0.0498. The van der Waals surface area contributed by atoms with Gasteiger partial charge in [0.1, 0.15) is 10.6 Å². The summed E-state index contributed by atoms with van der Waals surface area (Å²) < 4.78 is 28.4. The van der Waals surface area contributed by atoms with Crippen LogP contribution in [0.3, 0.4) is 0 Å². The molecule has 94 valence electrons. The first-order valence-electron chi connectivity index (χ1n) is 5.20. The van der Waals surface area contributed by atoms with Crippen LogP contribution in [0.4, 0.5) is 8.78 Å². The molecule has 0 spiro atoms. The van der Waals surface area contributed by atoms with E-state index >= 15 is 0 Å². The van der Waals surface area contributed by atoms with E-state index in [1.807, 2.05) is 0 Å². The lowest BCUT2D eigenvalue weighted by Gasteiger charge is -2.11. The van der Waals surface area contributed by atoms with Crippen molar-refractivity contribution in [3.8, 4) is 5.75 Å². The molecule has 1 amide bonds. The van der Waals surface area contributed by atoms with Crippen LogP contribution in [0.1, 0.15) is 16.1 Å². The van der Waals surface area contributed by atoms with Gasteiger partial charge in [-0.2, -0.15) is 8.78 Å². The predicted molar refractivity (Wildman–Crippen MR) is 59.7 cm³/mol. The lowest BCUT2D eigenvalue weighted by Crippen LogP contribution is -2.36. The molecule has 0 saturated carbocycles. The summed E-state index contributed by atoms with van der Waals surface area (Å²) in [6.45, 7) is -1.35. The third kappa shape index (κ3) is 3.13. The van der Waals surface area contributed by atoms with Crippen molar-refractivity contribution in [2.75, 3.05) is 13.1 Å². The number of ether oxygens (including phenoxy) is 1. The van der Waals surface area contributed by atoms with Gasteiger partial charge in [0.15, 0.2) is 0 Å². The zero-order valence-electron chi connectivity index (χ0n) is 8.91. The first kappa shape index (κ1) is 12.3. The Morgan fingerprint density at radius 1 is 1.65 bits per heavy atom. The average molecular weight is 262 g/mol. The Labute approximate surface area is 101 Å². The summed E-state index contributed by atoms with van der Waals surface area (Å²) in [6.07, 6.45) is 0.849. The van der Waals surface area contributed by atoms with Gasteiger partial charge in [-0.25, -0.2) is 0 Å². The molecule has 4 nitrogen and oxygen atoms in total. The maximum Gasteiger partial charge on any atom is 0.387 e. The van der Waals surface area contributed by atoms with Gasteiger partial charge in [0.2, 0.25) is 0 Å². The monoisotopic (exact) mass is 262 g/mol. The molecule has 17 heavy (non-hydrogen) atoms. The molecule has 1 atom stereocenters. The highest BCUT2D eigenvalue weighted by Crippen LogP contribution is 2.26. The minimum Gasteiger partial charge on any atom is -0.433 e. The Morgan fingerprint density at radius 2 is 2.47 bits per heavy atom. The third-order valence-electron chi connectivity index (χ3n) is 2.45. The first-order chi connectivity index (χ1) is 8.16. The van der Waals surface area contributed by atoms with Gasteiger partial charge >= 0.3 is 6.61 Å². The number of nitrogens with one attached hydrogen (secondary N) is 2. The number of halogens is 2. The third-order valence-corrected chi connectivity index (χ3v) is 3.34. The van der Waals surface area contributed by atoms with Gasteiger partial charge in [0.05, 0.1) is 0 Å². The van der Waals surface area contributed by atoms with Crippen molar-refractivity contribution in [2.45, 2.75) is 19.1 Å². The summed E-state index contributed by atoms with van der Waals surface area (Å²) in [5.74, 6) is -0.419. The second-order valence-corrected chi connectivity index (χ2v) is 4.57. The molecular weight excluding hydrogens is 250 g/mol. The van der Waals surface area contributed by atoms with Crippen molar-refractivity contribution in [1.29, 1.82) is 0 Å². The van der Waals surface area contributed by atoms with Crippen molar-refractivity contribution in [1.82, 2.24) is 10.6 Å². The van der Waals surface area contributed by atoms with Gasteiger partial charge in [-0.05, 0) is 24.4 Å². The molecule has 2 heterocycles. The molecule has 2 N–H and O–H groups in total. The Bertz CT molecular complexity index is 391. The lowest BCUT2D eigenvalue weighted by atomic mass is 10.2. The van der Waals surface area contributed by atoms with E-state index in [1.54, 1.807) is 5.38 Å². The summed E-state index contributed by atoms with van der Waals surface area (Å²) >= 11 is 1.09. The Kier molecular flexibility index (Phi) is 3.90. The van der Waals surface area contributed by atoms with Crippen LogP contribution < -0.4 is 15.4 Å². The SMILES string of the molecule is O=C(NC1CCNC1)c1sccc1OC(F)F. The van der Waals surface area contributed by atoms with Crippen LogP contribution >= 0.6 is 11.3 Å². The molecule has 1 aliphatic rings. The second kappa shape index (κ2) is 5.42. The van der Waals surface area contributed by atoms with E-state index in [9.17, 15) is 13.6 Å². The van der Waals surface area contributed by atoms with Crippen molar-refractivity contribution in [2.24, 2.45) is 0 Å². The standard InChI is InChI=1S/C10H12F2N2O2S/c11-10(12)16-7-2-4-17-8(7)9(15)14-6-1-3-13-5-6/h2,4,6,10,13H,1,3,5H2,(H,14,15). The quantitative estimate of drug-likeness (QED) is 0.863. The summed E-state index contributed by atoms with van der Waals surface area (Å²) in [5.41, 5.74) is 0. The molecule has 0 aliphatic carbocycles. The molecule has 0 radical (unpaired) electrons. The summed E-state index contributed by atoms with van der Waals surface area (Å²) in [5, 5.41) is 7.44. The zero-order valence-corrected chi connectivity index (χ0v) is 9.73. The Balaban J connectivity index is 2.00. The van der Waals surface area contributed by atoms with E-state index in [0.29, 0.717) is 6.54 Å². The number of thiophene rings is 1. The predicted octanol–water partition coefficient (Wildman–Crippen LogP) is 1.44. The number of amides is 1. The summed E-state index contributed by atoms with van der Waals surface area (Å²) in [6, 6.07) is 1.43. The fourth-order valence-electron chi connectivity index (χ4n) is 1.68. The minimum absolute atomic E-state index is 0.0593. The number of alkyl halides is 2. The molecule has 7 heteroatoms. The molecule has 1 aromatic rings. The maximum absolute atomic E-state index is 12.1. The fourth-order valence-corrected chi connectivity index (χ4v) is 2.41. The number of hydrogen-bond donors (Lipinski definition) is 2. The van der Waals surface area contributed by atoms with Gasteiger partial charge in [-0.1, -0.05) is 0 Å². The van der Waals surface area contributed by atoms with E-state index in [0.717, 1.165) is 24.3 Å². The molecule has 1 saturated heterocycles. The van der Waals surface area contributed by atoms with Crippen LogP contribution in [-0.4, -0.2) is 31.7 Å². The molecule has 2 rings (SSSR count). The van der Waals surface area contributed by atoms with Crippen LogP contribution in [0, 0.1) is 0 Å². The first-order valence-corrected chi connectivity index (χ1v) is 6.08. The minimum atomic E-state index is -2.91. The van der Waals surface area contributed by atoms with Crippen LogP contribution in [-0.2, 0) is 0 Å². The van der Waals surface area contributed by atoms with Crippen molar-refractivity contribution in [3.05, 3.63) is 16.3 Å². The van der Waals surface area contributed by atoms with Crippen LogP contribution in [0.5, 0.6) is 5.75 Å². The highest BCUT2D eigenvalue weighted by atomic mass is 32.1. The smallest absolute Gasteiger partial charge is 0.387 e. The van der Waals surface area contributed by atoms with Gasteiger partial charge in [-0.15, -0.1) is 11.3 Å². The average Bonchev–Trinajstić information content (AvgIpc) is 2.87. The molecule has 1 unspecified atom stereocenters. The highest BCUT2D eigenvalue weighted by Gasteiger charge is 2.22. The molecule has 0 aromatic carbocycles. The second-order valence-electron chi connectivity index (χ2n) is 3.66. The summed E-state index contributed by atoms with van der Waals surface area (Å²) in [4.78, 5) is 12.0. The van der Waals surface area contributed by atoms with E-state index in [2.05, 4.69) is 15.4 Å². The van der Waals surface area contributed by atoms with Gasteiger partial charge in [0.25, 0.3) is 5.91 Å². The van der Waals surface area contributed by atoms with Crippen LogP contribution in [0.15, 0.2) is 11.4 Å². The fraction of sp³-hybridized carbons (Fsp3) is 0.500. The van der Waals surface area contributed by atoms with Gasteiger partial charge < -0.3 is 15.4 Å². The summed E-state index contributed by atoms with van der Waals surface area (Å²) in [7, 11) is 0. The topological polar surface area (TPSA) is 50.4 Å². The van der Waals surface area contributed by atoms with E-state index in [-0.39, 0.29) is 22.6 Å². The van der Waals surface area contributed by atoms with Crippen molar-refractivity contribution < 1.29 is 18.3 Å². The van der Waals surface area contributed by atoms with Gasteiger partial charge in [0, 0.05) is 12.6 Å². The molecular formula is C10H12F2N2O2S. The maximum atomic E-state index is 12.1. The van der Waals surface area contributed by atoms with E-state index in [4.69, 9.17) is 0 Å². The highest BCUT2D eigenvalue weighted by molar-refractivity contribution is 7.12. The molecule has 1 fully saturated rings. The number of carbonyl (C=O) groups is 1. The normalized spacial score (nSPS) is 19.6. The number of carbonyl (C=O) groups excluding carboxylic acids is 1. The van der Waals surface area contributed by atoms with Crippen molar-refractivity contribution in [3.63, 3.8) is 0 Å². The van der Waals surface area contributed by atoms with Crippen molar-refractivity contribution >= 4 is 17.2 Å².